The summed E-state index contributed by atoms with van der Waals surface area (Å²) in [5.74, 6) is 1.26. The third-order valence-electron chi connectivity index (χ3n) is 3.72. The van der Waals surface area contributed by atoms with E-state index < -0.39 is 0 Å². The summed E-state index contributed by atoms with van der Waals surface area (Å²) >= 11 is 0. The summed E-state index contributed by atoms with van der Waals surface area (Å²) in [6.07, 6.45) is 5.60. The van der Waals surface area contributed by atoms with Crippen molar-refractivity contribution < 1.29 is 4.74 Å². The quantitative estimate of drug-likeness (QED) is 0.793. The Morgan fingerprint density at radius 3 is 2.84 bits per heavy atom. The van der Waals surface area contributed by atoms with Gasteiger partial charge in [-0.15, -0.1) is 0 Å². The van der Waals surface area contributed by atoms with Crippen molar-refractivity contribution in [2.24, 2.45) is 5.92 Å². The van der Waals surface area contributed by atoms with Gasteiger partial charge in [0.2, 0.25) is 0 Å². The van der Waals surface area contributed by atoms with Gasteiger partial charge in [-0.25, -0.2) is 4.98 Å². The molecule has 0 radical (unpaired) electrons. The lowest BCUT2D eigenvalue weighted by atomic mass is 9.97. The molecule has 0 spiro atoms. The lowest BCUT2D eigenvalue weighted by molar-refractivity contribution is 0.0508. The summed E-state index contributed by atoms with van der Waals surface area (Å²) in [6.45, 7) is 5.18. The highest BCUT2D eigenvalue weighted by molar-refractivity contribution is 5.43. The molecule has 1 fully saturated rings. The molecule has 4 nitrogen and oxygen atoms in total. The van der Waals surface area contributed by atoms with Crippen LogP contribution in [0.4, 0.5) is 5.82 Å². The minimum Gasteiger partial charge on any atom is -0.383 e. The van der Waals surface area contributed by atoms with Gasteiger partial charge in [-0.1, -0.05) is 6.92 Å². The minimum atomic E-state index is 0.143. The molecule has 1 aromatic heterocycles. The van der Waals surface area contributed by atoms with E-state index in [9.17, 15) is 0 Å². The first kappa shape index (κ1) is 14.3. The fraction of sp³-hybridized carbons (Fsp3) is 0.667. The van der Waals surface area contributed by atoms with Crippen molar-refractivity contribution >= 4 is 5.82 Å². The van der Waals surface area contributed by atoms with E-state index in [1.165, 1.54) is 12.8 Å². The van der Waals surface area contributed by atoms with Gasteiger partial charge in [0.05, 0.1) is 12.1 Å². The SMILES string of the molecule is CCCNC(c1cc(C)cnc1N)C(OC)C1CC1. The molecule has 0 amide bonds. The number of aromatic nitrogens is 1. The molecule has 1 aliphatic carbocycles. The van der Waals surface area contributed by atoms with Crippen molar-refractivity contribution in [3.63, 3.8) is 0 Å². The van der Waals surface area contributed by atoms with Crippen molar-refractivity contribution in [2.75, 3.05) is 19.4 Å². The van der Waals surface area contributed by atoms with Crippen LogP contribution in [0.1, 0.15) is 43.4 Å². The summed E-state index contributed by atoms with van der Waals surface area (Å²) in [5.41, 5.74) is 8.28. The first-order valence-corrected chi connectivity index (χ1v) is 7.15. The maximum absolute atomic E-state index is 6.07. The van der Waals surface area contributed by atoms with Gasteiger partial charge in [0, 0.05) is 18.9 Å². The number of hydrogen-bond donors (Lipinski definition) is 2. The van der Waals surface area contributed by atoms with Crippen LogP contribution in [0.3, 0.4) is 0 Å². The van der Waals surface area contributed by atoms with E-state index in [4.69, 9.17) is 10.5 Å². The number of pyridine rings is 1. The van der Waals surface area contributed by atoms with Gasteiger partial charge in [0.25, 0.3) is 0 Å². The molecule has 0 aromatic carbocycles. The lowest BCUT2D eigenvalue weighted by Gasteiger charge is -2.28. The van der Waals surface area contributed by atoms with Crippen LogP contribution in [0.25, 0.3) is 0 Å². The monoisotopic (exact) mass is 263 g/mol. The number of rotatable bonds is 7. The molecule has 2 unspecified atom stereocenters. The number of nitrogen functional groups attached to an aromatic ring is 1. The van der Waals surface area contributed by atoms with Gasteiger partial charge in [-0.05, 0) is 50.3 Å². The average molecular weight is 263 g/mol. The van der Waals surface area contributed by atoms with Gasteiger partial charge in [-0.2, -0.15) is 0 Å². The third kappa shape index (κ3) is 3.45. The molecular formula is C15H25N3O. The number of methoxy groups -OCH3 is 1. The van der Waals surface area contributed by atoms with Crippen molar-refractivity contribution in [1.29, 1.82) is 0 Å². The molecule has 19 heavy (non-hydrogen) atoms. The number of hydrogen-bond acceptors (Lipinski definition) is 4. The molecule has 1 saturated carbocycles. The molecule has 106 valence electrons. The largest absolute Gasteiger partial charge is 0.383 e. The van der Waals surface area contributed by atoms with Gasteiger partial charge < -0.3 is 15.8 Å². The molecule has 1 aliphatic rings. The second-order valence-electron chi connectivity index (χ2n) is 5.46. The zero-order valence-corrected chi connectivity index (χ0v) is 12.1. The molecule has 2 atom stereocenters. The van der Waals surface area contributed by atoms with E-state index in [2.05, 4.69) is 23.3 Å². The van der Waals surface area contributed by atoms with Crippen LogP contribution in [-0.2, 0) is 4.74 Å². The van der Waals surface area contributed by atoms with Crippen LogP contribution in [0.15, 0.2) is 12.3 Å². The molecule has 1 aromatic rings. The molecule has 4 heteroatoms. The van der Waals surface area contributed by atoms with Crippen molar-refractivity contribution in [3.05, 3.63) is 23.4 Å². The Kier molecular flexibility index (Phi) is 4.77. The van der Waals surface area contributed by atoms with E-state index in [0.717, 1.165) is 24.1 Å². The standard InChI is InChI=1S/C15H25N3O/c1-4-7-17-13(14(19-3)11-5-6-11)12-8-10(2)9-18-15(12)16/h8-9,11,13-14,17H,4-7H2,1-3H3,(H2,16,18). The fourth-order valence-electron chi connectivity index (χ4n) is 2.58. The zero-order chi connectivity index (χ0) is 13.8. The Morgan fingerprint density at radius 1 is 1.53 bits per heavy atom. The van der Waals surface area contributed by atoms with E-state index >= 15 is 0 Å². The predicted octanol–water partition coefficient (Wildman–Crippen LogP) is 2.44. The molecule has 0 aliphatic heterocycles. The maximum atomic E-state index is 6.07. The van der Waals surface area contributed by atoms with Gasteiger partial charge in [0.15, 0.2) is 0 Å². The highest BCUT2D eigenvalue weighted by atomic mass is 16.5. The minimum absolute atomic E-state index is 0.143. The van der Waals surface area contributed by atoms with Crippen molar-refractivity contribution in [1.82, 2.24) is 10.3 Å². The summed E-state index contributed by atoms with van der Waals surface area (Å²) in [6, 6.07) is 2.27. The first-order chi connectivity index (χ1) is 9.17. The van der Waals surface area contributed by atoms with Crippen LogP contribution < -0.4 is 11.1 Å². The van der Waals surface area contributed by atoms with Gasteiger partial charge in [0.1, 0.15) is 5.82 Å². The molecule has 0 bridgehead atoms. The predicted molar refractivity (Wildman–Crippen MR) is 77.9 cm³/mol. The van der Waals surface area contributed by atoms with Gasteiger partial charge >= 0.3 is 0 Å². The molecule has 0 saturated heterocycles. The first-order valence-electron chi connectivity index (χ1n) is 7.15. The van der Waals surface area contributed by atoms with E-state index in [1.807, 2.05) is 13.1 Å². The van der Waals surface area contributed by atoms with Crippen LogP contribution in [0, 0.1) is 12.8 Å². The number of aryl methyl sites for hydroxylation is 1. The second kappa shape index (κ2) is 6.35. The van der Waals surface area contributed by atoms with E-state index in [0.29, 0.717) is 11.7 Å². The van der Waals surface area contributed by atoms with Crippen molar-refractivity contribution in [2.45, 2.75) is 45.3 Å². The number of nitrogens with zero attached hydrogens (tertiary/aromatic N) is 1. The number of nitrogens with two attached hydrogens (primary N) is 1. The van der Waals surface area contributed by atoms with E-state index in [-0.39, 0.29) is 12.1 Å². The zero-order valence-electron chi connectivity index (χ0n) is 12.1. The highest BCUT2D eigenvalue weighted by Crippen LogP contribution is 2.40. The molecular weight excluding hydrogens is 238 g/mol. The summed E-state index contributed by atoms with van der Waals surface area (Å²) < 4.78 is 5.74. The van der Waals surface area contributed by atoms with Crippen LogP contribution in [0.5, 0.6) is 0 Å². The smallest absolute Gasteiger partial charge is 0.128 e. The summed E-state index contributed by atoms with van der Waals surface area (Å²) in [7, 11) is 1.79. The highest BCUT2D eigenvalue weighted by Gasteiger charge is 2.38. The Labute approximate surface area is 115 Å². The third-order valence-corrected chi connectivity index (χ3v) is 3.72. The summed E-state index contributed by atoms with van der Waals surface area (Å²) in [4.78, 5) is 4.29. The Morgan fingerprint density at radius 2 is 2.26 bits per heavy atom. The topological polar surface area (TPSA) is 60.2 Å². The number of ether oxygens (including phenoxy) is 1. The van der Waals surface area contributed by atoms with Crippen LogP contribution >= 0.6 is 0 Å². The van der Waals surface area contributed by atoms with Crippen LogP contribution in [0.2, 0.25) is 0 Å². The number of anilines is 1. The Balaban J connectivity index is 2.26. The molecule has 3 N–H and O–H groups in total. The van der Waals surface area contributed by atoms with Crippen molar-refractivity contribution in [3.8, 4) is 0 Å². The summed E-state index contributed by atoms with van der Waals surface area (Å²) in [5, 5.41) is 3.58. The molecule has 2 rings (SSSR count). The number of nitrogens with one attached hydrogen (secondary N) is 1. The molecule has 1 heterocycles. The normalized spacial score (nSPS) is 18.3. The Hall–Kier alpha value is -1.13. The van der Waals surface area contributed by atoms with Crippen LogP contribution in [-0.4, -0.2) is 24.7 Å². The second-order valence-corrected chi connectivity index (χ2v) is 5.46. The lowest BCUT2D eigenvalue weighted by Crippen LogP contribution is -2.36. The Bertz CT molecular complexity index is 418. The van der Waals surface area contributed by atoms with E-state index in [1.54, 1.807) is 7.11 Å². The average Bonchev–Trinajstić information content (AvgIpc) is 3.22. The fourth-order valence-corrected chi connectivity index (χ4v) is 2.58. The maximum Gasteiger partial charge on any atom is 0.128 e. The van der Waals surface area contributed by atoms with Gasteiger partial charge in [-0.3, -0.25) is 0 Å².